The predicted octanol–water partition coefficient (Wildman–Crippen LogP) is 1.50. The second-order valence-electron chi connectivity index (χ2n) is 5.08. The minimum Gasteiger partial charge on any atom is -0.386 e. The highest BCUT2D eigenvalue weighted by atomic mass is 32.2. The van der Waals surface area contributed by atoms with E-state index in [1.807, 2.05) is 0 Å². The van der Waals surface area contributed by atoms with Crippen LogP contribution in [-0.2, 0) is 27.7 Å². The van der Waals surface area contributed by atoms with E-state index in [2.05, 4.69) is 4.74 Å². The van der Waals surface area contributed by atoms with E-state index in [-0.39, 0.29) is 16.0 Å². The summed E-state index contributed by atoms with van der Waals surface area (Å²) >= 11 is 0. The highest BCUT2D eigenvalue weighted by Crippen LogP contribution is 2.40. The van der Waals surface area contributed by atoms with Gasteiger partial charge in [-0.15, -0.1) is 0 Å². The van der Waals surface area contributed by atoms with Crippen LogP contribution in [0, 0.1) is 0 Å². The molecule has 7 heteroatoms. The van der Waals surface area contributed by atoms with Crippen LogP contribution in [0.2, 0.25) is 0 Å². The quantitative estimate of drug-likeness (QED) is 0.487. The summed E-state index contributed by atoms with van der Waals surface area (Å²) in [6, 6.07) is 4.40. The Bertz CT molecular complexity index is 971. The molecule has 2 aromatic rings. The molecule has 0 saturated heterocycles. The number of aryl methyl sites for hydroxylation is 2. The molecular formula is C14H8O6S. The average molecular weight is 304 g/mol. The number of benzene rings is 2. The fraction of sp³-hybridized carbons (Fsp3) is 0.143. The van der Waals surface area contributed by atoms with Crippen molar-refractivity contribution in [3.05, 3.63) is 40.5 Å². The number of ether oxygens (including phenoxy) is 1. The van der Waals surface area contributed by atoms with E-state index >= 15 is 0 Å². The Kier molecular flexibility index (Phi) is 2.19. The lowest BCUT2D eigenvalue weighted by Crippen LogP contribution is -2.20. The standard InChI is InChI=1S/C14H8O6S/c15-13-8-4-2-6-1-3-7-10(21(17,18)19)5-9(14(16)20-13)12(8)11(6)7/h2,4-5H,1,3H2,(H,17,18,19). The van der Waals surface area contributed by atoms with Gasteiger partial charge in [-0.2, -0.15) is 8.42 Å². The second-order valence-corrected chi connectivity index (χ2v) is 6.47. The first kappa shape index (κ1) is 12.5. The molecule has 0 saturated carbocycles. The van der Waals surface area contributed by atoms with Crippen molar-refractivity contribution in [3.63, 3.8) is 0 Å². The number of carbonyl (C=O) groups is 2. The maximum atomic E-state index is 11.9. The molecule has 4 rings (SSSR count). The van der Waals surface area contributed by atoms with Gasteiger partial charge in [0.05, 0.1) is 16.0 Å². The van der Waals surface area contributed by atoms with Gasteiger partial charge in [-0.3, -0.25) is 4.55 Å². The van der Waals surface area contributed by atoms with Crippen molar-refractivity contribution in [2.24, 2.45) is 0 Å². The zero-order valence-electron chi connectivity index (χ0n) is 10.5. The van der Waals surface area contributed by atoms with E-state index in [4.69, 9.17) is 0 Å². The Labute approximate surface area is 119 Å². The number of carbonyl (C=O) groups excluding carboxylic acids is 2. The summed E-state index contributed by atoms with van der Waals surface area (Å²) in [6.45, 7) is 0. The van der Waals surface area contributed by atoms with Crippen molar-refractivity contribution >= 4 is 32.8 Å². The van der Waals surface area contributed by atoms with Crippen molar-refractivity contribution < 1.29 is 27.3 Å². The van der Waals surface area contributed by atoms with Crippen LogP contribution in [0.25, 0.3) is 10.8 Å². The largest absolute Gasteiger partial charge is 0.386 e. The molecule has 106 valence electrons. The van der Waals surface area contributed by atoms with E-state index in [0.29, 0.717) is 29.2 Å². The highest BCUT2D eigenvalue weighted by molar-refractivity contribution is 7.85. The lowest BCUT2D eigenvalue weighted by Gasteiger charge is -2.18. The van der Waals surface area contributed by atoms with E-state index in [0.717, 1.165) is 11.6 Å². The molecule has 0 fully saturated rings. The number of hydrogen-bond acceptors (Lipinski definition) is 5. The van der Waals surface area contributed by atoms with Crippen molar-refractivity contribution in [1.82, 2.24) is 0 Å². The smallest absolute Gasteiger partial charge is 0.346 e. The van der Waals surface area contributed by atoms with Crippen molar-refractivity contribution in [2.75, 3.05) is 0 Å². The summed E-state index contributed by atoms with van der Waals surface area (Å²) in [6.07, 6.45) is 1.04. The molecule has 2 aromatic carbocycles. The van der Waals surface area contributed by atoms with Crippen LogP contribution >= 0.6 is 0 Å². The van der Waals surface area contributed by atoms with Crippen molar-refractivity contribution in [3.8, 4) is 0 Å². The van der Waals surface area contributed by atoms with E-state index < -0.39 is 22.1 Å². The first-order valence-electron chi connectivity index (χ1n) is 6.23. The van der Waals surface area contributed by atoms with Crippen LogP contribution in [0.4, 0.5) is 0 Å². The van der Waals surface area contributed by atoms with Crippen LogP contribution < -0.4 is 0 Å². The maximum absolute atomic E-state index is 11.9. The zero-order valence-corrected chi connectivity index (χ0v) is 11.4. The first-order valence-corrected chi connectivity index (χ1v) is 7.67. The molecule has 0 radical (unpaired) electrons. The predicted molar refractivity (Wildman–Crippen MR) is 70.9 cm³/mol. The lowest BCUT2D eigenvalue weighted by molar-refractivity contribution is 0.0391. The summed E-state index contributed by atoms with van der Waals surface area (Å²) in [5.41, 5.74) is 1.56. The number of hydrogen-bond donors (Lipinski definition) is 1. The molecular weight excluding hydrogens is 296 g/mol. The minimum atomic E-state index is -4.45. The van der Waals surface area contributed by atoms with Gasteiger partial charge >= 0.3 is 11.9 Å². The molecule has 0 spiro atoms. The number of esters is 2. The van der Waals surface area contributed by atoms with Gasteiger partial charge in [-0.1, -0.05) is 6.07 Å². The third-order valence-corrected chi connectivity index (χ3v) is 4.90. The molecule has 0 unspecified atom stereocenters. The third kappa shape index (κ3) is 1.52. The van der Waals surface area contributed by atoms with Crippen LogP contribution in [0.5, 0.6) is 0 Å². The molecule has 0 atom stereocenters. The van der Waals surface area contributed by atoms with Gasteiger partial charge in [0.15, 0.2) is 0 Å². The molecule has 2 aliphatic rings. The van der Waals surface area contributed by atoms with Crippen LogP contribution in [0.3, 0.4) is 0 Å². The molecule has 1 N–H and O–H groups in total. The molecule has 0 aromatic heterocycles. The van der Waals surface area contributed by atoms with Gasteiger partial charge in [0.1, 0.15) is 0 Å². The third-order valence-electron chi connectivity index (χ3n) is 3.98. The van der Waals surface area contributed by atoms with E-state index in [9.17, 15) is 22.6 Å². The van der Waals surface area contributed by atoms with Gasteiger partial charge in [0.2, 0.25) is 0 Å². The zero-order chi connectivity index (χ0) is 14.9. The molecule has 1 aliphatic carbocycles. The molecule has 6 nitrogen and oxygen atoms in total. The number of rotatable bonds is 1. The Morgan fingerprint density at radius 3 is 2.43 bits per heavy atom. The van der Waals surface area contributed by atoms with Crippen molar-refractivity contribution in [1.29, 1.82) is 0 Å². The summed E-state index contributed by atoms with van der Waals surface area (Å²) in [5, 5.41) is 0.997. The van der Waals surface area contributed by atoms with Gasteiger partial charge in [-0.25, -0.2) is 9.59 Å². The second kappa shape index (κ2) is 3.69. The van der Waals surface area contributed by atoms with Crippen LogP contribution in [-0.4, -0.2) is 24.9 Å². The normalized spacial score (nSPS) is 16.4. The SMILES string of the molecule is O=C1OC(=O)c2cc(S(=O)(=O)O)c3c4c(ccc1c24)CC3. The Hall–Kier alpha value is -2.25. The summed E-state index contributed by atoms with van der Waals surface area (Å²) in [4.78, 5) is 23.4. The minimum absolute atomic E-state index is 0.000255. The Morgan fingerprint density at radius 1 is 1.00 bits per heavy atom. The monoisotopic (exact) mass is 304 g/mol. The van der Waals surface area contributed by atoms with Crippen LogP contribution in [0.1, 0.15) is 31.8 Å². The van der Waals surface area contributed by atoms with Gasteiger partial charge in [0, 0.05) is 5.39 Å². The molecule has 21 heavy (non-hydrogen) atoms. The van der Waals surface area contributed by atoms with Crippen molar-refractivity contribution in [2.45, 2.75) is 17.7 Å². The first-order chi connectivity index (χ1) is 9.88. The molecule has 1 aliphatic heterocycles. The molecule has 0 amide bonds. The van der Waals surface area contributed by atoms with Gasteiger partial charge in [-0.05, 0) is 41.5 Å². The van der Waals surface area contributed by atoms with E-state index in [1.54, 1.807) is 12.1 Å². The highest BCUT2D eigenvalue weighted by Gasteiger charge is 2.34. The lowest BCUT2D eigenvalue weighted by atomic mass is 9.94. The maximum Gasteiger partial charge on any atom is 0.346 e. The Morgan fingerprint density at radius 2 is 1.71 bits per heavy atom. The fourth-order valence-corrected chi connectivity index (χ4v) is 3.94. The summed E-state index contributed by atoms with van der Waals surface area (Å²) < 4.78 is 37.1. The molecule has 0 bridgehead atoms. The summed E-state index contributed by atoms with van der Waals surface area (Å²) in [7, 11) is -4.45. The van der Waals surface area contributed by atoms with Gasteiger partial charge < -0.3 is 4.74 Å². The topological polar surface area (TPSA) is 97.7 Å². The molecule has 1 heterocycles. The van der Waals surface area contributed by atoms with Gasteiger partial charge in [0.25, 0.3) is 10.1 Å². The van der Waals surface area contributed by atoms with Crippen LogP contribution in [0.15, 0.2) is 23.1 Å². The Balaban J connectivity index is 2.29. The fourth-order valence-electron chi connectivity index (χ4n) is 3.16. The average Bonchev–Trinajstić information content (AvgIpc) is 2.82. The van der Waals surface area contributed by atoms with E-state index in [1.165, 1.54) is 0 Å². The number of cyclic esters (lactones) is 2. The summed E-state index contributed by atoms with van der Waals surface area (Å²) in [5.74, 6) is -1.63.